The molecule has 4 heterocycles. The summed E-state index contributed by atoms with van der Waals surface area (Å²) in [7, 11) is 0. The van der Waals surface area contributed by atoms with Crippen LogP contribution in [0.2, 0.25) is 0 Å². The van der Waals surface area contributed by atoms with Crippen LogP contribution in [0.4, 0.5) is 0 Å². The molecule has 0 saturated heterocycles. The molecule has 0 aliphatic carbocycles. The number of fused-ring (bicyclic) bond motifs is 12. The van der Waals surface area contributed by atoms with Crippen molar-refractivity contribution in [2.75, 3.05) is 0 Å². The van der Waals surface area contributed by atoms with E-state index in [1.807, 2.05) is 18.5 Å². The molecule has 0 N–H and O–H groups in total. The van der Waals surface area contributed by atoms with Crippen molar-refractivity contribution in [3.63, 3.8) is 0 Å². The van der Waals surface area contributed by atoms with Gasteiger partial charge in [-0.1, -0.05) is 145 Å². The zero-order valence-corrected chi connectivity index (χ0v) is 39.3. The van der Waals surface area contributed by atoms with E-state index in [1.165, 1.54) is 93.6 Å². The van der Waals surface area contributed by atoms with Gasteiger partial charge in [-0.2, -0.15) is 0 Å². The predicted octanol–water partition coefficient (Wildman–Crippen LogP) is 14.8. The number of imidazole rings is 2. The van der Waals surface area contributed by atoms with Gasteiger partial charge in [0.05, 0.1) is 28.7 Å². The Hall–Kier alpha value is -7.17. The summed E-state index contributed by atoms with van der Waals surface area (Å²) in [4.78, 5) is 9.79. The summed E-state index contributed by atoms with van der Waals surface area (Å²) in [5.41, 5.74) is 19.5. The fourth-order valence-corrected chi connectivity index (χ4v) is 9.98. The fraction of sp³-hybridized carbons (Fsp3) is 0.100. The standard InChI is InChI=1S/C30H24N2.C30H23N2.Ir/c2*1-20-9-8-10-21(2)29(20)28-19-31-30-25-14-7-6-13-24(25)26-18-23(15-16-27(26)32(28)30)17-22-11-4-3-5-12-22;/h3-16,18-19H,17H2,1-2H3;3-13,15-16,18-19H,17H2,1-2H3;/q;-1;. The molecule has 4 nitrogen and oxygen atoms in total. The van der Waals surface area contributed by atoms with Crippen LogP contribution < -0.4 is 0 Å². The van der Waals surface area contributed by atoms with Gasteiger partial charge in [-0.3, -0.25) is 9.38 Å². The van der Waals surface area contributed by atoms with Gasteiger partial charge in [0.2, 0.25) is 0 Å². The van der Waals surface area contributed by atoms with Crippen LogP contribution in [0.1, 0.15) is 44.5 Å². The zero-order valence-electron chi connectivity index (χ0n) is 36.9. The van der Waals surface area contributed by atoms with Crippen LogP contribution in [-0.4, -0.2) is 18.8 Å². The van der Waals surface area contributed by atoms with Crippen molar-refractivity contribution in [3.8, 4) is 22.5 Å². The molecule has 8 aromatic carbocycles. The molecule has 0 bridgehead atoms. The number of rotatable bonds is 6. The summed E-state index contributed by atoms with van der Waals surface area (Å²) in [6.07, 6.45) is 5.90. The molecular weight excluding hydrogens is 969 g/mol. The molecule has 0 unspecified atom stereocenters. The molecule has 0 atom stereocenters. The molecule has 0 aliphatic heterocycles. The number of aromatic nitrogens is 4. The summed E-state index contributed by atoms with van der Waals surface area (Å²) in [5.74, 6) is 0. The Morgan fingerprint density at radius 3 is 1.38 bits per heavy atom. The van der Waals surface area contributed by atoms with Gasteiger partial charge < -0.3 is 4.40 Å². The van der Waals surface area contributed by atoms with Gasteiger partial charge in [0.15, 0.2) is 0 Å². The average molecular weight is 1020 g/mol. The van der Waals surface area contributed by atoms with Gasteiger partial charge in [-0.25, -0.2) is 4.98 Å². The predicted molar refractivity (Wildman–Crippen MR) is 268 cm³/mol. The van der Waals surface area contributed by atoms with Crippen LogP contribution in [0.25, 0.3) is 77.2 Å². The van der Waals surface area contributed by atoms with E-state index in [1.54, 1.807) is 0 Å². The third-order valence-electron chi connectivity index (χ3n) is 12.9. The Morgan fingerprint density at radius 1 is 0.400 bits per heavy atom. The maximum Gasteiger partial charge on any atom is 0.145 e. The molecule has 4 aromatic heterocycles. The van der Waals surface area contributed by atoms with Crippen molar-refractivity contribution in [3.05, 3.63) is 239 Å². The van der Waals surface area contributed by atoms with Crippen molar-refractivity contribution in [1.29, 1.82) is 0 Å². The van der Waals surface area contributed by atoms with Gasteiger partial charge in [0, 0.05) is 53.7 Å². The Bertz CT molecular complexity index is 3430. The van der Waals surface area contributed by atoms with Crippen molar-refractivity contribution >= 4 is 54.6 Å². The Labute approximate surface area is 393 Å². The first-order valence-corrected chi connectivity index (χ1v) is 22.2. The average Bonchev–Trinajstić information content (AvgIpc) is 3.96. The Morgan fingerprint density at radius 2 is 0.846 bits per heavy atom. The number of nitrogens with zero attached hydrogens (tertiary/aromatic N) is 4. The number of aryl methyl sites for hydroxylation is 4. The van der Waals surface area contributed by atoms with Crippen molar-refractivity contribution in [2.24, 2.45) is 0 Å². The minimum atomic E-state index is 0. The largest absolute Gasteiger partial charge is 0.333 e. The van der Waals surface area contributed by atoms with E-state index in [-0.39, 0.29) is 20.1 Å². The van der Waals surface area contributed by atoms with Crippen LogP contribution in [0.5, 0.6) is 0 Å². The van der Waals surface area contributed by atoms with Crippen LogP contribution in [-0.2, 0) is 32.9 Å². The van der Waals surface area contributed by atoms with Crippen molar-refractivity contribution in [1.82, 2.24) is 18.8 Å². The quantitative estimate of drug-likeness (QED) is 0.123. The maximum atomic E-state index is 4.91. The van der Waals surface area contributed by atoms with E-state index < -0.39 is 0 Å². The maximum absolute atomic E-state index is 4.91. The van der Waals surface area contributed by atoms with E-state index in [9.17, 15) is 0 Å². The summed E-state index contributed by atoms with van der Waals surface area (Å²) >= 11 is 0. The Balaban J connectivity index is 0.000000151. The van der Waals surface area contributed by atoms with Gasteiger partial charge in [0.1, 0.15) is 5.65 Å². The topological polar surface area (TPSA) is 34.6 Å². The minimum absolute atomic E-state index is 0. The summed E-state index contributed by atoms with van der Waals surface area (Å²) in [6, 6.07) is 66.4. The van der Waals surface area contributed by atoms with Crippen molar-refractivity contribution < 1.29 is 20.1 Å². The van der Waals surface area contributed by atoms with Gasteiger partial charge in [-0.05, 0) is 114 Å². The fourth-order valence-electron chi connectivity index (χ4n) is 9.98. The van der Waals surface area contributed by atoms with E-state index >= 15 is 0 Å². The van der Waals surface area contributed by atoms with Crippen LogP contribution in [0, 0.1) is 33.8 Å². The van der Waals surface area contributed by atoms with Gasteiger partial charge >= 0.3 is 0 Å². The third kappa shape index (κ3) is 7.51. The first kappa shape index (κ1) is 41.8. The number of benzene rings is 8. The van der Waals surface area contributed by atoms with Crippen LogP contribution >= 0.6 is 0 Å². The second kappa shape index (κ2) is 17.4. The van der Waals surface area contributed by atoms with Crippen LogP contribution in [0.3, 0.4) is 0 Å². The van der Waals surface area contributed by atoms with E-state index in [2.05, 4.69) is 212 Å². The summed E-state index contributed by atoms with van der Waals surface area (Å²) in [5, 5.41) is 7.21. The van der Waals surface area contributed by atoms with Crippen LogP contribution in [0.15, 0.2) is 188 Å². The van der Waals surface area contributed by atoms with Crippen molar-refractivity contribution in [2.45, 2.75) is 40.5 Å². The van der Waals surface area contributed by atoms with E-state index in [4.69, 9.17) is 9.97 Å². The number of hydrogen-bond donors (Lipinski definition) is 0. The molecule has 0 spiro atoms. The molecule has 12 aromatic rings. The molecule has 1 radical (unpaired) electrons. The Kier molecular flexibility index (Phi) is 11.2. The molecule has 5 heteroatoms. The summed E-state index contributed by atoms with van der Waals surface area (Å²) < 4.78 is 4.66. The monoisotopic (exact) mass is 1020 g/mol. The molecular formula is C60H47IrN4-. The molecule has 0 aliphatic rings. The molecule has 0 amide bonds. The molecule has 317 valence electrons. The second-order valence-electron chi connectivity index (χ2n) is 17.2. The smallest absolute Gasteiger partial charge is 0.145 e. The SMILES string of the molecule is Cc1cccc(C)c1-c1cnc2c3[c-]cccc3c3cc(Cc4ccccc4)ccc3n12.Cc1cccc(C)c1-c1cnc2c3ccccc3c3cc(Cc4ccccc4)ccc3n12.[Ir]. The molecule has 65 heavy (non-hydrogen) atoms. The number of hydrogen-bond acceptors (Lipinski definition) is 2. The minimum Gasteiger partial charge on any atom is -0.333 e. The first-order valence-electron chi connectivity index (χ1n) is 22.2. The summed E-state index contributed by atoms with van der Waals surface area (Å²) in [6.45, 7) is 8.72. The second-order valence-corrected chi connectivity index (χ2v) is 17.2. The molecule has 0 saturated carbocycles. The van der Waals surface area contributed by atoms with E-state index in [0.29, 0.717) is 0 Å². The van der Waals surface area contributed by atoms with E-state index in [0.717, 1.165) is 40.9 Å². The number of pyridine rings is 2. The third-order valence-corrected chi connectivity index (χ3v) is 12.9. The molecule has 0 fully saturated rings. The zero-order chi connectivity index (χ0) is 43.3. The first-order chi connectivity index (χ1) is 31.4. The van der Waals surface area contributed by atoms with Gasteiger partial charge in [0.25, 0.3) is 0 Å². The normalized spacial score (nSPS) is 11.4. The molecule has 12 rings (SSSR count). The van der Waals surface area contributed by atoms with Gasteiger partial charge in [-0.15, -0.1) is 29.7 Å².